The van der Waals surface area contributed by atoms with E-state index in [1.165, 1.54) is 39.8 Å². The Kier molecular flexibility index (Phi) is 7.42. The Balaban J connectivity index is 2.08. The molecule has 2 heterocycles. The quantitative estimate of drug-likeness (QED) is 0.226. The van der Waals surface area contributed by atoms with E-state index < -0.39 is 94.9 Å². The van der Waals surface area contributed by atoms with Gasteiger partial charge in [-0.2, -0.15) is 0 Å². The van der Waals surface area contributed by atoms with Gasteiger partial charge in [-0.25, -0.2) is 4.79 Å². The van der Waals surface area contributed by atoms with Gasteiger partial charge in [-0.05, 0) is 31.4 Å². The third-order valence-electron chi connectivity index (χ3n) is 8.60. The van der Waals surface area contributed by atoms with E-state index in [-0.39, 0.29) is 0 Å². The van der Waals surface area contributed by atoms with Crippen LogP contribution in [-0.4, -0.2) is 82.8 Å². The van der Waals surface area contributed by atoms with Crippen molar-refractivity contribution in [2.24, 2.45) is 17.3 Å². The van der Waals surface area contributed by atoms with Crippen LogP contribution in [0.3, 0.4) is 0 Å². The number of rotatable bonds is 4. The normalized spacial score (nSPS) is 44.8. The van der Waals surface area contributed by atoms with E-state index in [1.807, 2.05) is 0 Å². The third kappa shape index (κ3) is 4.50. The summed E-state index contributed by atoms with van der Waals surface area (Å²) in [5.74, 6) is -5.08. The number of esters is 5. The van der Waals surface area contributed by atoms with Gasteiger partial charge >= 0.3 is 29.8 Å². The summed E-state index contributed by atoms with van der Waals surface area (Å²) in [4.78, 5) is 62.9. The standard InChI is InChI=1S/C28H36O12/c1-12-11-19-28(27(8,40-28)25(34)39-19)23(37-16(5)31)20-13(2)18(33)9-10-26(20,7)24(38-17(6)32)22(36-15(4)30)21(12)35-14(3)29/h9-11,13,18-24,33H,1-8H3/b12-11-/t13-,18-,19+,20-,21+,22-,23+,24+,26+,27?,28+/m1/s1. The van der Waals surface area contributed by atoms with Gasteiger partial charge in [0.15, 0.2) is 35.6 Å². The van der Waals surface area contributed by atoms with Crippen LogP contribution < -0.4 is 0 Å². The molecule has 4 aliphatic rings. The summed E-state index contributed by atoms with van der Waals surface area (Å²) in [7, 11) is 0. The zero-order valence-corrected chi connectivity index (χ0v) is 23.8. The number of aliphatic hydroxyl groups is 1. The minimum Gasteiger partial charge on any atom is -0.459 e. The van der Waals surface area contributed by atoms with Crippen molar-refractivity contribution in [1.29, 1.82) is 0 Å². The topological polar surface area (TPSA) is 164 Å². The molecule has 1 unspecified atom stereocenters. The predicted octanol–water partition coefficient (Wildman–Crippen LogP) is 1.32. The highest BCUT2D eigenvalue weighted by Gasteiger charge is 2.87. The Morgan fingerprint density at radius 1 is 0.900 bits per heavy atom. The Hall–Kier alpha value is -3.25. The number of epoxide rings is 1. The zero-order valence-electron chi connectivity index (χ0n) is 23.8. The van der Waals surface area contributed by atoms with E-state index in [9.17, 15) is 29.1 Å². The van der Waals surface area contributed by atoms with E-state index in [4.69, 9.17) is 28.4 Å². The Morgan fingerprint density at radius 3 is 1.98 bits per heavy atom. The van der Waals surface area contributed by atoms with Crippen molar-refractivity contribution in [3.63, 3.8) is 0 Å². The molecule has 1 spiro atoms. The van der Waals surface area contributed by atoms with Crippen molar-refractivity contribution >= 4 is 29.8 Å². The molecular weight excluding hydrogens is 528 g/mol. The van der Waals surface area contributed by atoms with Crippen molar-refractivity contribution < 1.29 is 57.5 Å². The van der Waals surface area contributed by atoms with Gasteiger partial charge in [0.05, 0.1) is 6.10 Å². The van der Waals surface area contributed by atoms with Crippen LogP contribution in [0.4, 0.5) is 0 Å². The molecule has 11 atom stereocenters. The molecule has 2 aliphatic heterocycles. The average molecular weight is 565 g/mol. The van der Waals surface area contributed by atoms with Crippen LogP contribution in [0.15, 0.2) is 23.8 Å². The van der Waals surface area contributed by atoms with Gasteiger partial charge in [0.1, 0.15) is 6.10 Å². The van der Waals surface area contributed by atoms with Crippen LogP contribution in [0, 0.1) is 17.3 Å². The van der Waals surface area contributed by atoms with Gasteiger partial charge in [-0.15, -0.1) is 0 Å². The number of fused-ring (bicyclic) bond motifs is 1. The first-order valence-electron chi connectivity index (χ1n) is 13.2. The van der Waals surface area contributed by atoms with Crippen LogP contribution in [0.1, 0.15) is 55.4 Å². The largest absolute Gasteiger partial charge is 0.459 e. The number of hydrogen-bond acceptors (Lipinski definition) is 12. The van der Waals surface area contributed by atoms with E-state index in [1.54, 1.807) is 26.8 Å². The lowest BCUT2D eigenvalue weighted by Gasteiger charge is -2.53. The van der Waals surface area contributed by atoms with Crippen molar-refractivity contribution in [3.8, 4) is 0 Å². The minimum absolute atomic E-state index is 0.312. The van der Waals surface area contributed by atoms with E-state index in [0.29, 0.717) is 5.57 Å². The molecule has 2 aliphatic carbocycles. The summed E-state index contributed by atoms with van der Waals surface area (Å²) < 4.78 is 35.0. The summed E-state index contributed by atoms with van der Waals surface area (Å²) in [6.07, 6.45) is -2.66. The number of carbonyl (C=O) groups is 5. The van der Waals surface area contributed by atoms with Crippen LogP contribution in [0.5, 0.6) is 0 Å². The van der Waals surface area contributed by atoms with Crippen LogP contribution in [0.2, 0.25) is 0 Å². The Labute approximate surface area is 231 Å². The van der Waals surface area contributed by atoms with Crippen molar-refractivity contribution in [2.45, 2.75) is 103 Å². The summed E-state index contributed by atoms with van der Waals surface area (Å²) in [6, 6.07) is 0. The summed E-state index contributed by atoms with van der Waals surface area (Å²) in [6.45, 7) is 11.3. The fourth-order valence-corrected chi connectivity index (χ4v) is 6.80. The molecule has 1 N–H and O–H groups in total. The molecule has 4 rings (SSSR count). The molecule has 0 aromatic carbocycles. The molecule has 12 heteroatoms. The van der Waals surface area contributed by atoms with Gasteiger partial charge < -0.3 is 33.5 Å². The van der Waals surface area contributed by atoms with Gasteiger partial charge in [0.25, 0.3) is 0 Å². The Bertz CT molecular complexity index is 1190. The van der Waals surface area contributed by atoms with Crippen molar-refractivity contribution in [1.82, 2.24) is 0 Å². The number of hydrogen-bond donors (Lipinski definition) is 1. The number of aliphatic hydroxyl groups excluding tert-OH is 1. The molecule has 0 radical (unpaired) electrons. The molecule has 0 aromatic heterocycles. The lowest BCUT2D eigenvalue weighted by molar-refractivity contribution is -0.207. The molecule has 40 heavy (non-hydrogen) atoms. The molecule has 0 saturated carbocycles. The second kappa shape index (κ2) is 9.99. The highest BCUT2D eigenvalue weighted by atomic mass is 16.7. The first kappa shape index (κ1) is 29.7. The second-order valence-electron chi connectivity index (χ2n) is 11.4. The first-order valence-corrected chi connectivity index (χ1v) is 13.2. The fourth-order valence-electron chi connectivity index (χ4n) is 6.80. The molecule has 0 amide bonds. The van der Waals surface area contributed by atoms with E-state index >= 15 is 0 Å². The molecular formula is C28H36O12. The van der Waals surface area contributed by atoms with Crippen LogP contribution >= 0.6 is 0 Å². The van der Waals surface area contributed by atoms with Gasteiger partial charge in [-0.1, -0.05) is 26.0 Å². The fraction of sp³-hybridized carbons (Fsp3) is 0.679. The van der Waals surface area contributed by atoms with Gasteiger partial charge in [-0.3, -0.25) is 19.2 Å². The van der Waals surface area contributed by atoms with Crippen molar-refractivity contribution in [2.75, 3.05) is 0 Å². The predicted molar refractivity (Wildman–Crippen MR) is 134 cm³/mol. The first-order chi connectivity index (χ1) is 18.5. The lowest BCUT2D eigenvalue weighted by atomic mass is 9.56. The maximum Gasteiger partial charge on any atom is 0.342 e. The molecule has 2 saturated heterocycles. The maximum atomic E-state index is 13.1. The van der Waals surface area contributed by atoms with Crippen LogP contribution in [-0.2, 0) is 52.4 Å². The van der Waals surface area contributed by atoms with Gasteiger partial charge in [0.2, 0.25) is 0 Å². The zero-order chi connectivity index (χ0) is 29.9. The summed E-state index contributed by atoms with van der Waals surface area (Å²) in [5, 5.41) is 11.0. The summed E-state index contributed by atoms with van der Waals surface area (Å²) in [5.41, 5.74) is -4.04. The Morgan fingerprint density at radius 2 is 1.45 bits per heavy atom. The highest BCUT2D eigenvalue weighted by Crippen LogP contribution is 2.65. The smallest absolute Gasteiger partial charge is 0.342 e. The number of ether oxygens (including phenoxy) is 6. The van der Waals surface area contributed by atoms with Crippen molar-refractivity contribution in [3.05, 3.63) is 23.8 Å². The molecule has 2 fully saturated rings. The molecule has 0 aromatic rings. The number of carbonyl (C=O) groups excluding carboxylic acids is 5. The van der Waals surface area contributed by atoms with E-state index in [2.05, 4.69) is 0 Å². The minimum atomic E-state index is -1.52. The second-order valence-corrected chi connectivity index (χ2v) is 11.4. The maximum absolute atomic E-state index is 13.1. The third-order valence-corrected chi connectivity index (χ3v) is 8.60. The highest BCUT2D eigenvalue weighted by molar-refractivity contribution is 5.89. The monoisotopic (exact) mass is 564 g/mol. The van der Waals surface area contributed by atoms with E-state index in [0.717, 1.165) is 6.92 Å². The SMILES string of the molecule is CC(=O)O[C@@H]1[C@@H](OC(C)=O)/C(C)=C\[C@@H]2OC(=O)C3(C)O[C@]23[C@@H](OC(C)=O)[C@H]2[C@H](C)[C@H](O)C=C[C@]2(C)[C@H]1OC(C)=O. The molecule has 220 valence electrons. The van der Waals surface area contributed by atoms with Crippen LogP contribution in [0.25, 0.3) is 0 Å². The van der Waals surface area contributed by atoms with Gasteiger partial charge in [0, 0.05) is 39.0 Å². The average Bonchev–Trinajstić information content (AvgIpc) is 3.42. The summed E-state index contributed by atoms with van der Waals surface area (Å²) >= 11 is 0. The lowest BCUT2D eigenvalue weighted by Crippen LogP contribution is -2.63. The molecule has 0 bridgehead atoms. The molecule has 12 nitrogen and oxygen atoms in total.